The molecule has 2 aromatic heterocycles. The van der Waals surface area contributed by atoms with E-state index in [0.29, 0.717) is 53.7 Å². The Hall–Kier alpha value is -4.62. The number of nitrogens with one attached hydrogen (secondary N) is 1. The molecule has 176 valence electrons. The summed E-state index contributed by atoms with van der Waals surface area (Å²) >= 11 is 0. The summed E-state index contributed by atoms with van der Waals surface area (Å²) in [4.78, 5) is 36.3. The van der Waals surface area contributed by atoms with Gasteiger partial charge >= 0.3 is 5.69 Å². The number of likely N-dealkylation sites (tertiary alicyclic amines) is 1. The molecule has 1 fully saturated rings. The maximum atomic E-state index is 13.7. The molecule has 10 heteroatoms. The lowest BCUT2D eigenvalue weighted by Gasteiger charge is -2.14. The molecule has 0 spiro atoms. The molecule has 0 radical (unpaired) electrons. The molecular formula is C25H23N7O3. The number of fused-ring (bicyclic) bond motifs is 1. The summed E-state index contributed by atoms with van der Waals surface area (Å²) in [7, 11) is 0. The van der Waals surface area contributed by atoms with E-state index in [4.69, 9.17) is 10.6 Å². The molecule has 35 heavy (non-hydrogen) atoms. The first kappa shape index (κ1) is 22.2. The topological polar surface area (TPSA) is 120 Å². The van der Waals surface area contributed by atoms with Crippen molar-refractivity contribution in [3.05, 3.63) is 71.4 Å². The zero-order valence-electron chi connectivity index (χ0n) is 19.0. The van der Waals surface area contributed by atoms with Crippen molar-refractivity contribution in [2.45, 2.75) is 19.4 Å². The smallest absolute Gasteiger partial charge is 0.335 e. The average Bonchev–Trinajstić information content (AvgIpc) is 3.47. The number of benzene rings is 2. The van der Waals surface area contributed by atoms with Gasteiger partial charge in [0.2, 0.25) is 0 Å². The molecule has 4 aromatic rings. The van der Waals surface area contributed by atoms with Gasteiger partial charge in [0.25, 0.3) is 5.91 Å². The number of carbonyl (C=O) groups is 1. The van der Waals surface area contributed by atoms with Crippen molar-refractivity contribution in [3.63, 3.8) is 0 Å². The first-order valence-electron chi connectivity index (χ1n) is 11.1. The maximum Gasteiger partial charge on any atom is 0.335 e. The number of nitrogens with zero attached hydrogens (tertiary/aromatic N) is 5. The fourth-order valence-corrected chi connectivity index (χ4v) is 4.33. The van der Waals surface area contributed by atoms with Gasteiger partial charge in [-0.05, 0) is 55.7 Å². The Balaban J connectivity index is 1.56. The van der Waals surface area contributed by atoms with E-state index < -0.39 is 0 Å². The van der Waals surface area contributed by atoms with Gasteiger partial charge < -0.3 is 15.1 Å². The van der Waals surface area contributed by atoms with Crippen molar-refractivity contribution in [2.24, 2.45) is 5.84 Å². The van der Waals surface area contributed by atoms with E-state index in [-0.39, 0.29) is 17.6 Å². The fourth-order valence-electron chi connectivity index (χ4n) is 4.33. The number of para-hydroxylation sites is 1. The highest BCUT2D eigenvalue weighted by Crippen LogP contribution is 2.29. The molecule has 2 aromatic carbocycles. The largest absolute Gasteiger partial charge is 0.457 e. The molecule has 0 bridgehead atoms. The van der Waals surface area contributed by atoms with E-state index >= 15 is 0 Å². The number of aromatic nitrogens is 4. The highest BCUT2D eigenvalue weighted by molar-refractivity contribution is 5.93. The number of hydrogen-bond acceptors (Lipinski definition) is 7. The molecule has 5 rings (SSSR count). The molecule has 0 saturated carbocycles. The van der Waals surface area contributed by atoms with Crippen molar-refractivity contribution in [2.75, 3.05) is 18.5 Å². The van der Waals surface area contributed by atoms with E-state index in [1.165, 1.54) is 10.9 Å². The third kappa shape index (κ3) is 4.09. The van der Waals surface area contributed by atoms with Gasteiger partial charge in [0.15, 0.2) is 11.5 Å². The lowest BCUT2D eigenvalue weighted by atomic mass is 10.2. The van der Waals surface area contributed by atoms with Crippen LogP contribution >= 0.6 is 0 Å². The highest BCUT2D eigenvalue weighted by atomic mass is 16.5. The second-order valence-electron chi connectivity index (χ2n) is 8.00. The Morgan fingerprint density at radius 2 is 1.86 bits per heavy atom. The van der Waals surface area contributed by atoms with Gasteiger partial charge in [-0.15, -0.1) is 0 Å². The van der Waals surface area contributed by atoms with Crippen LogP contribution in [0.2, 0.25) is 0 Å². The first-order chi connectivity index (χ1) is 17.1. The van der Waals surface area contributed by atoms with Crippen LogP contribution in [0.5, 0.6) is 11.5 Å². The summed E-state index contributed by atoms with van der Waals surface area (Å²) in [5.41, 5.74) is 3.76. The number of amides is 1. The van der Waals surface area contributed by atoms with Crippen LogP contribution in [0, 0.1) is 11.8 Å². The van der Waals surface area contributed by atoms with Crippen LogP contribution in [0.4, 0.5) is 5.82 Å². The SMILES string of the molecule is CC#CC(=O)N1CC[C@@H](n2c(=O)n(-c3ccc(Oc4ccccc4)cc3)c3c(NN)ncnc32)C1. The zero-order chi connectivity index (χ0) is 24.4. The molecule has 3 heterocycles. The van der Waals surface area contributed by atoms with Crippen LogP contribution in [-0.4, -0.2) is 43.0 Å². The van der Waals surface area contributed by atoms with Crippen molar-refractivity contribution < 1.29 is 9.53 Å². The van der Waals surface area contributed by atoms with Crippen molar-refractivity contribution in [1.29, 1.82) is 0 Å². The minimum Gasteiger partial charge on any atom is -0.457 e. The minimum atomic E-state index is -0.297. The maximum absolute atomic E-state index is 13.7. The Kier molecular flexibility index (Phi) is 5.91. The van der Waals surface area contributed by atoms with Crippen LogP contribution < -0.4 is 21.7 Å². The zero-order valence-corrected chi connectivity index (χ0v) is 19.0. The lowest BCUT2D eigenvalue weighted by Crippen LogP contribution is -2.31. The molecule has 0 aliphatic carbocycles. The molecule has 1 saturated heterocycles. The van der Waals surface area contributed by atoms with Crippen molar-refractivity contribution in [1.82, 2.24) is 24.0 Å². The molecule has 1 aliphatic rings. The summed E-state index contributed by atoms with van der Waals surface area (Å²) < 4.78 is 9.01. The predicted octanol–water partition coefficient (Wildman–Crippen LogP) is 2.46. The van der Waals surface area contributed by atoms with Crippen LogP contribution in [0.3, 0.4) is 0 Å². The molecule has 1 aliphatic heterocycles. The third-order valence-electron chi connectivity index (χ3n) is 5.91. The lowest BCUT2D eigenvalue weighted by molar-refractivity contribution is -0.124. The van der Waals surface area contributed by atoms with E-state index in [1.807, 2.05) is 30.3 Å². The van der Waals surface area contributed by atoms with Gasteiger partial charge in [0.05, 0.1) is 11.7 Å². The average molecular weight is 470 g/mol. The summed E-state index contributed by atoms with van der Waals surface area (Å²) in [5, 5.41) is 0. The first-order valence-corrected chi connectivity index (χ1v) is 11.1. The van der Waals surface area contributed by atoms with Gasteiger partial charge in [0.1, 0.15) is 23.3 Å². The van der Waals surface area contributed by atoms with Gasteiger partial charge in [-0.25, -0.2) is 20.6 Å². The van der Waals surface area contributed by atoms with Gasteiger partial charge in [-0.2, -0.15) is 0 Å². The molecule has 1 atom stereocenters. The normalized spacial score (nSPS) is 15.0. The molecular weight excluding hydrogens is 446 g/mol. The molecule has 0 unspecified atom stereocenters. The van der Waals surface area contributed by atoms with Crippen LogP contribution in [-0.2, 0) is 4.79 Å². The number of hydrazine groups is 1. The summed E-state index contributed by atoms with van der Waals surface area (Å²) in [5.74, 6) is 12.3. The number of nitrogens with two attached hydrogens (primary N) is 1. The Morgan fingerprint density at radius 3 is 2.57 bits per heavy atom. The predicted molar refractivity (Wildman–Crippen MR) is 131 cm³/mol. The number of rotatable bonds is 5. The Labute approximate surface area is 200 Å². The molecule has 1 amide bonds. The summed E-state index contributed by atoms with van der Waals surface area (Å²) in [6, 6.07) is 16.3. The highest BCUT2D eigenvalue weighted by Gasteiger charge is 2.31. The van der Waals surface area contributed by atoms with E-state index in [1.54, 1.807) is 40.7 Å². The van der Waals surface area contributed by atoms with Crippen LogP contribution in [0.15, 0.2) is 65.7 Å². The Bertz CT molecular complexity index is 1500. The minimum absolute atomic E-state index is 0.250. The number of imidazole rings is 1. The molecule has 3 N–H and O–H groups in total. The Morgan fingerprint density at radius 1 is 1.11 bits per heavy atom. The van der Waals surface area contributed by atoms with Crippen molar-refractivity contribution in [3.8, 4) is 29.0 Å². The number of ether oxygens (including phenoxy) is 1. The molecule has 10 nitrogen and oxygen atoms in total. The van der Waals surface area contributed by atoms with Gasteiger partial charge in [-0.1, -0.05) is 24.1 Å². The van der Waals surface area contributed by atoms with Crippen molar-refractivity contribution >= 4 is 22.9 Å². The van der Waals surface area contributed by atoms with Gasteiger partial charge in [-0.3, -0.25) is 13.9 Å². The fraction of sp³-hybridized carbons (Fsp3) is 0.200. The van der Waals surface area contributed by atoms with E-state index in [9.17, 15) is 9.59 Å². The summed E-state index contributed by atoms with van der Waals surface area (Å²) in [6.45, 7) is 2.50. The third-order valence-corrected chi connectivity index (χ3v) is 5.91. The number of anilines is 1. The summed E-state index contributed by atoms with van der Waals surface area (Å²) in [6.07, 6.45) is 1.96. The van der Waals surface area contributed by atoms with Gasteiger partial charge in [0, 0.05) is 13.1 Å². The number of carbonyl (C=O) groups excluding carboxylic acids is 1. The van der Waals surface area contributed by atoms with Crippen LogP contribution in [0.25, 0.3) is 16.9 Å². The van der Waals surface area contributed by atoms with E-state index in [0.717, 1.165) is 0 Å². The number of hydrogen-bond donors (Lipinski definition) is 2. The second kappa shape index (κ2) is 9.32. The monoisotopic (exact) mass is 469 g/mol. The standard InChI is InChI=1S/C25H23N7O3/c1-2-6-21(33)30-14-13-18(15-30)32-24-22(23(29-26)27-16-28-24)31(25(32)34)17-9-11-20(12-10-17)35-19-7-4-3-5-8-19/h3-5,7-12,16,18H,13-15,26H2,1H3,(H,27,28,29)/t18-/m1/s1. The quantitative estimate of drug-likeness (QED) is 0.262. The van der Waals surface area contributed by atoms with E-state index in [2.05, 4.69) is 27.2 Å². The van der Waals surface area contributed by atoms with Crippen LogP contribution in [0.1, 0.15) is 19.4 Å². The second-order valence-corrected chi connectivity index (χ2v) is 8.00. The number of nitrogen functional groups attached to an aromatic ring is 1.